The van der Waals surface area contributed by atoms with Crippen molar-refractivity contribution < 1.29 is 13.2 Å². The Bertz CT molecular complexity index is 471. The van der Waals surface area contributed by atoms with Crippen LogP contribution in [0.5, 0.6) is 0 Å². The van der Waals surface area contributed by atoms with Crippen molar-refractivity contribution in [3.05, 3.63) is 29.3 Å². The fourth-order valence-electron chi connectivity index (χ4n) is 3.15. The molecule has 5 heteroatoms. The summed E-state index contributed by atoms with van der Waals surface area (Å²) in [6.07, 6.45) is 1.26. The van der Waals surface area contributed by atoms with Crippen LogP contribution in [0, 0.1) is 0 Å². The summed E-state index contributed by atoms with van der Waals surface area (Å²) in [4.78, 5) is 2.26. The molecule has 1 heterocycles. The van der Waals surface area contributed by atoms with Crippen LogP contribution in [0.1, 0.15) is 50.2 Å². The van der Waals surface area contributed by atoms with Gasteiger partial charge in [-0.1, -0.05) is 19.8 Å². The summed E-state index contributed by atoms with van der Waals surface area (Å²) in [5.74, 6) is 0. The maximum Gasteiger partial charge on any atom is 0.416 e. The number of nitrogens with two attached hydrogens (primary N) is 1. The number of rotatable bonds is 3. The van der Waals surface area contributed by atoms with Gasteiger partial charge in [-0.25, -0.2) is 0 Å². The van der Waals surface area contributed by atoms with Crippen LogP contribution >= 0.6 is 0 Å². The number of anilines is 1. The van der Waals surface area contributed by atoms with E-state index in [0.717, 1.165) is 31.5 Å². The second kappa shape index (κ2) is 6.69. The molecule has 0 spiro atoms. The molecular formula is C16H23F3N2. The summed E-state index contributed by atoms with van der Waals surface area (Å²) in [6, 6.07) is 4.80. The topological polar surface area (TPSA) is 29.3 Å². The van der Waals surface area contributed by atoms with Crippen LogP contribution in [0.2, 0.25) is 0 Å². The first-order valence-corrected chi connectivity index (χ1v) is 7.64. The molecule has 1 aromatic carbocycles. The van der Waals surface area contributed by atoms with Gasteiger partial charge in [0.05, 0.1) is 5.56 Å². The van der Waals surface area contributed by atoms with Crippen molar-refractivity contribution in [3.8, 4) is 0 Å². The number of alkyl halides is 3. The zero-order chi connectivity index (χ0) is 15.5. The van der Waals surface area contributed by atoms with Crippen molar-refractivity contribution in [1.29, 1.82) is 0 Å². The Balaban J connectivity index is 2.34. The van der Waals surface area contributed by atoms with Gasteiger partial charge in [0.1, 0.15) is 0 Å². The van der Waals surface area contributed by atoms with Gasteiger partial charge in [0.2, 0.25) is 0 Å². The normalized spacial score (nSPS) is 20.4. The average molecular weight is 300 g/mol. The monoisotopic (exact) mass is 300 g/mol. The Labute approximate surface area is 124 Å². The van der Waals surface area contributed by atoms with E-state index in [0.29, 0.717) is 6.04 Å². The number of hydrogen-bond donors (Lipinski definition) is 1. The molecule has 1 aliphatic heterocycles. The lowest BCUT2D eigenvalue weighted by molar-refractivity contribution is -0.138. The smallest absolute Gasteiger partial charge is 0.369 e. The van der Waals surface area contributed by atoms with E-state index in [1.54, 1.807) is 12.1 Å². The predicted octanol–water partition coefficient (Wildman–Crippen LogP) is 4.32. The Morgan fingerprint density at radius 2 is 2.00 bits per heavy atom. The second-order valence-corrected chi connectivity index (χ2v) is 5.65. The van der Waals surface area contributed by atoms with Crippen LogP contribution in [0.15, 0.2) is 18.2 Å². The van der Waals surface area contributed by atoms with Gasteiger partial charge >= 0.3 is 6.18 Å². The first-order chi connectivity index (χ1) is 9.97. The number of benzene rings is 1. The van der Waals surface area contributed by atoms with Crippen LogP contribution < -0.4 is 10.6 Å². The van der Waals surface area contributed by atoms with Gasteiger partial charge in [-0.05, 0) is 43.0 Å². The van der Waals surface area contributed by atoms with Crippen molar-refractivity contribution in [2.75, 3.05) is 11.4 Å². The third kappa shape index (κ3) is 3.70. The Kier molecular flexibility index (Phi) is 5.14. The molecule has 1 aromatic rings. The first kappa shape index (κ1) is 16.1. The van der Waals surface area contributed by atoms with E-state index >= 15 is 0 Å². The second-order valence-electron chi connectivity index (χ2n) is 5.65. The predicted molar refractivity (Wildman–Crippen MR) is 79.2 cm³/mol. The van der Waals surface area contributed by atoms with Gasteiger partial charge in [-0.3, -0.25) is 0 Å². The van der Waals surface area contributed by atoms with Crippen LogP contribution in [-0.4, -0.2) is 12.6 Å². The Morgan fingerprint density at radius 3 is 2.62 bits per heavy atom. The first-order valence-electron chi connectivity index (χ1n) is 7.64. The SMILES string of the molecule is CCC1CCCCCN1c1ccc(C(F)(F)F)c(CN)c1. The highest BCUT2D eigenvalue weighted by atomic mass is 19.4. The number of nitrogens with zero attached hydrogens (tertiary/aromatic N) is 1. The standard InChI is InChI=1S/C16H23F3N2/c1-2-13-6-4-3-5-9-21(13)14-7-8-15(16(17,18)19)12(10-14)11-20/h7-8,10,13H,2-6,9,11,20H2,1H3. The van der Waals surface area contributed by atoms with Gasteiger partial charge in [0, 0.05) is 24.8 Å². The van der Waals surface area contributed by atoms with Crippen molar-refractivity contribution >= 4 is 5.69 Å². The largest absolute Gasteiger partial charge is 0.416 e. The van der Waals surface area contributed by atoms with E-state index in [4.69, 9.17) is 5.73 Å². The van der Waals surface area contributed by atoms with E-state index < -0.39 is 11.7 Å². The van der Waals surface area contributed by atoms with E-state index in [-0.39, 0.29) is 12.1 Å². The molecule has 0 aromatic heterocycles. The lowest BCUT2D eigenvalue weighted by atomic mass is 10.0. The highest BCUT2D eigenvalue weighted by Crippen LogP contribution is 2.35. The molecule has 0 bridgehead atoms. The molecule has 0 radical (unpaired) electrons. The lowest BCUT2D eigenvalue weighted by Gasteiger charge is -2.32. The summed E-state index contributed by atoms with van der Waals surface area (Å²) in [5, 5.41) is 0. The fraction of sp³-hybridized carbons (Fsp3) is 0.625. The summed E-state index contributed by atoms with van der Waals surface area (Å²) in [7, 11) is 0. The van der Waals surface area contributed by atoms with Crippen molar-refractivity contribution in [2.45, 2.75) is 57.8 Å². The molecule has 1 atom stereocenters. The molecule has 1 aliphatic rings. The molecular weight excluding hydrogens is 277 g/mol. The molecule has 1 fully saturated rings. The summed E-state index contributed by atoms with van der Waals surface area (Å²) in [5.41, 5.74) is 5.96. The third-order valence-electron chi connectivity index (χ3n) is 4.29. The molecule has 2 N–H and O–H groups in total. The van der Waals surface area contributed by atoms with E-state index in [1.807, 2.05) is 0 Å². The van der Waals surface area contributed by atoms with E-state index in [2.05, 4.69) is 11.8 Å². The summed E-state index contributed by atoms with van der Waals surface area (Å²) >= 11 is 0. The van der Waals surface area contributed by atoms with Crippen LogP contribution in [-0.2, 0) is 12.7 Å². The highest BCUT2D eigenvalue weighted by molar-refractivity contribution is 5.52. The Hall–Kier alpha value is -1.23. The molecule has 21 heavy (non-hydrogen) atoms. The zero-order valence-electron chi connectivity index (χ0n) is 12.4. The van der Waals surface area contributed by atoms with Crippen molar-refractivity contribution in [2.24, 2.45) is 5.73 Å². The molecule has 0 saturated carbocycles. The zero-order valence-corrected chi connectivity index (χ0v) is 12.4. The minimum atomic E-state index is -4.34. The highest BCUT2D eigenvalue weighted by Gasteiger charge is 2.33. The molecule has 0 aliphatic carbocycles. The van der Waals surface area contributed by atoms with Gasteiger partial charge < -0.3 is 10.6 Å². The van der Waals surface area contributed by atoms with Crippen LogP contribution in [0.4, 0.5) is 18.9 Å². The average Bonchev–Trinajstić information content (AvgIpc) is 2.70. The van der Waals surface area contributed by atoms with E-state index in [1.165, 1.54) is 18.9 Å². The minimum Gasteiger partial charge on any atom is -0.369 e. The molecule has 1 saturated heterocycles. The minimum absolute atomic E-state index is 0.0900. The van der Waals surface area contributed by atoms with Crippen LogP contribution in [0.25, 0.3) is 0 Å². The number of halogens is 3. The quantitative estimate of drug-likeness (QED) is 0.900. The molecule has 0 amide bonds. The number of hydrogen-bond acceptors (Lipinski definition) is 2. The Morgan fingerprint density at radius 1 is 1.24 bits per heavy atom. The summed E-state index contributed by atoms with van der Waals surface area (Å²) in [6.45, 7) is 2.96. The maximum atomic E-state index is 12.9. The lowest BCUT2D eigenvalue weighted by Crippen LogP contribution is -2.34. The van der Waals surface area contributed by atoms with Gasteiger partial charge in [0.25, 0.3) is 0 Å². The van der Waals surface area contributed by atoms with Crippen molar-refractivity contribution in [3.63, 3.8) is 0 Å². The van der Waals surface area contributed by atoms with E-state index in [9.17, 15) is 13.2 Å². The molecule has 2 rings (SSSR count). The van der Waals surface area contributed by atoms with Gasteiger partial charge in [0.15, 0.2) is 0 Å². The van der Waals surface area contributed by atoms with Crippen molar-refractivity contribution in [1.82, 2.24) is 0 Å². The molecule has 118 valence electrons. The van der Waals surface area contributed by atoms with Crippen LogP contribution in [0.3, 0.4) is 0 Å². The maximum absolute atomic E-state index is 12.9. The third-order valence-corrected chi connectivity index (χ3v) is 4.29. The van der Waals surface area contributed by atoms with Gasteiger partial charge in [-0.15, -0.1) is 0 Å². The molecule has 1 unspecified atom stereocenters. The summed E-state index contributed by atoms with van der Waals surface area (Å²) < 4.78 is 38.8. The fourth-order valence-corrected chi connectivity index (χ4v) is 3.15. The van der Waals surface area contributed by atoms with Gasteiger partial charge in [-0.2, -0.15) is 13.2 Å². The molecule has 2 nitrogen and oxygen atoms in total.